The molecule has 4 N–H and O–H groups in total. The summed E-state index contributed by atoms with van der Waals surface area (Å²) in [6, 6.07) is 4.87. The Balaban J connectivity index is 0.00000529. The van der Waals surface area contributed by atoms with Crippen LogP contribution in [0.2, 0.25) is 0 Å². The van der Waals surface area contributed by atoms with E-state index in [1.165, 1.54) is 24.3 Å². The van der Waals surface area contributed by atoms with Crippen LogP contribution in [0.4, 0.5) is 18.9 Å². The van der Waals surface area contributed by atoms with Gasteiger partial charge < -0.3 is 16.4 Å². The number of nitrogens with one attached hydrogen (secondary N) is 2. The standard InChI is InChI=1S/C15H20F3N3O2.ClH/c1-3-9(2)12(19)14(23)21-11-6-4-10(5-7-11)13(22)20-8-15(16,17)18;/h4-7,9,12H,3,8,19H2,1-2H3,(H,20,22)(H,21,23);1H. The van der Waals surface area contributed by atoms with Crippen LogP contribution in [0.15, 0.2) is 24.3 Å². The molecule has 0 saturated carbocycles. The van der Waals surface area contributed by atoms with E-state index in [1.54, 1.807) is 5.32 Å². The van der Waals surface area contributed by atoms with Crippen molar-refractivity contribution in [3.8, 4) is 0 Å². The maximum Gasteiger partial charge on any atom is 0.405 e. The van der Waals surface area contributed by atoms with Crippen molar-refractivity contribution in [1.82, 2.24) is 5.32 Å². The third-order valence-corrected chi connectivity index (χ3v) is 3.42. The number of anilines is 1. The van der Waals surface area contributed by atoms with Gasteiger partial charge in [0.2, 0.25) is 5.91 Å². The molecule has 0 radical (unpaired) electrons. The van der Waals surface area contributed by atoms with E-state index < -0.39 is 24.7 Å². The fourth-order valence-corrected chi connectivity index (χ4v) is 1.73. The normalized spacial score (nSPS) is 13.4. The molecule has 0 aliphatic carbocycles. The Morgan fingerprint density at radius 1 is 1.21 bits per heavy atom. The second-order valence-electron chi connectivity index (χ2n) is 5.28. The minimum absolute atomic E-state index is 0. The van der Waals surface area contributed by atoms with Crippen molar-refractivity contribution in [1.29, 1.82) is 0 Å². The molecule has 1 rings (SSSR count). The fourth-order valence-electron chi connectivity index (χ4n) is 1.73. The van der Waals surface area contributed by atoms with Gasteiger partial charge in [0, 0.05) is 11.3 Å². The molecule has 0 aliphatic rings. The first-order valence-electron chi connectivity index (χ1n) is 7.15. The summed E-state index contributed by atoms with van der Waals surface area (Å²) < 4.78 is 36.1. The summed E-state index contributed by atoms with van der Waals surface area (Å²) in [6.45, 7) is 2.39. The highest BCUT2D eigenvalue weighted by Crippen LogP contribution is 2.14. The van der Waals surface area contributed by atoms with Crippen LogP contribution < -0.4 is 16.4 Å². The predicted octanol–water partition coefficient (Wildman–Crippen LogP) is 2.71. The van der Waals surface area contributed by atoms with Gasteiger partial charge in [0.1, 0.15) is 6.54 Å². The molecule has 24 heavy (non-hydrogen) atoms. The molecule has 1 aromatic carbocycles. The number of benzene rings is 1. The van der Waals surface area contributed by atoms with Crippen LogP contribution in [-0.4, -0.2) is 30.6 Å². The lowest BCUT2D eigenvalue weighted by molar-refractivity contribution is -0.123. The lowest BCUT2D eigenvalue weighted by Gasteiger charge is -2.17. The van der Waals surface area contributed by atoms with Crippen molar-refractivity contribution in [2.75, 3.05) is 11.9 Å². The molecule has 0 spiro atoms. The fraction of sp³-hybridized carbons (Fsp3) is 0.467. The van der Waals surface area contributed by atoms with Crippen LogP contribution in [0.1, 0.15) is 30.6 Å². The largest absolute Gasteiger partial charge is 0.405 e. The number of amides is 2. The molecular weight excluding hydrogens is 347 g/mol. The SMILES string of the molecule is CCC(C)C(N)C(=O)Nc1ccc(C(=O)NCC(F)(F)F)cc1.Cl. The molecule has 2 unspecified atom stereocenters. The lowest BCUT2D eigenvalue weighted by Crippen LogP contribution is -2.40. The first-order valence-corrected chi connectivity index (χ1v) is 7.15. The molecule has 0 heterocycles. The average molecular weight is 368 g/mol. The maximum atomic E-state index is 12.0. The summed E-state index contributed by atoms with van der Waals surface area (Å²) in [5.41, 5.74) is 6.28. The zero-order valence-electron chi connectivity index (χ0n) is 13.3. The number of hydrogen-bond acceptors (Lipinski definition) is 3. The van der Waals surface area contributed by atoms with Crippen LogP contribution in [-0.2, 0) is 4.79 Å². The Bertz CT molecular complexity index is 550. The number of halogens is 4. The van der Waals surface area contributed by atoms with Gasteiger partial charge in [-0.25, -0.2) is 0 Å². The topological polar surface area (TPSA) is 84.2 Å². The molecule has 2 amide bonds. The number of rotatable bonds is 6. The van der Waals surface area contributed by atoms with Crippen molar-refractivity contribution in [2.45, 2.75) is 32.5 Å². The van der Waals surface area contributed by atoms with Crippen LogP contribution >= 0.6 is 12.4 Å². The Kier molecular flexibility index (Phi) is 8.77. The highest BCUT2D eigenvalue weighted by molar-refractivity contribution is 5.97. The number of carbonyl (C=O) groups is 2. The predicted molar refractivity (Wildman–Crippen MR) is 88.1 cm³/mol. The molecule has 0 bridgehead atoms. The molecule has 2 atom stereocenters. The monoisotopic (exact) mass is 367 g/mol. The summed E-state index contributed by atoms with van der Waals surface area (Å²) in [5.74, 6) is -1.17. The van der Waals surface area contributed by atoms with Gasteiger partial charge in [-0.05, 0) is 30.2 Å². The summed E-state index contributed by atoms with van der Waals surface area (Å²) in [5, 5.41) is 4.37. The first-order chi connectivity index (χ1) is 10.6. The van der Waals surface area contributed by atoms with Crippen molar-refractivity contribution in [3.05, 3.63) is 29.8 Å². The van der Waals surface area contributed by atoms with Crippen LogP contribution in [0.5, 0.6) is 0 Å². The number of hydrogen-bond donors (Lipinski definition) is 3. The van der Waals surface area contributed by atoms with E-state index in [2.05, 4.69) is 5.32 Å². The minimum Gasteiger partial charge on any atom is -0.343 e. The Labute approximate surface area is 144 Å². The van der Waals surface area contributed by atoms with E-state index in [0.29, 0.717) is 5.69 Å². The quantitative estimate of drug-likeness (QED) is 0.722. The van der Waals surface area contributed by atoms with Gasteiger partial charge in [0.15, 0.2) is 0 Å². The average Bonchev–Trinajstić information content (AvgIpc) is 2.51. The Morgan fingerprint density at radius 3 is 2.21 bits per heavy atom. The Morgan fingerprint density at radius 2 is 1.75 bits per heavy atom. The van der Waals surface area contributed by atoms with Crippen molar-refractivity contribution >= 4 is 29.9 Å². The van der Waals surface area contributed by atoms with Gasteiger partial charge in [-0.15, -0.1) is 12.4 Å². The first kappa shape index (κ1) is 22.2. The van der Waals surface area contributed by atoms with E-state index in [4.69, 9.17) is 5.73 Å². The van der Waals surface area contributed by atoms with Crippen LogP contribution in [0, 0.1) is 5.92 Å². The summed E-state index contributed by atoms with van der Waals surface area (Å²) in [7, 11) is 0. The molecule has 0 aliphatic heterocycles. The molecule has 1 aromatic rings. The molecule has 0 aromatic heterocycles. The van der Waals surface area contributed by atoms with E-state index in [9.17, 15) is 22.8 Å². The van der Waals surface area contributed by atoms with Gasteiger partial charge in [-0.1, -0.05) is 20.3 Å². The molecular formula is C15H21ClF3N3O2. The Hall–Kier alpha value is -1.80. The van der Waals surface area contributed by atoms with Gasteiger partial charge >= 0.3 is 6.18 Å². The number of nitrogens with two attached hydrogens (primary N) is 1. The smallest absolute Gasteiger partial charge is 0.343 e. The summed E-state index contributed by atoms with van der Waals surface area (Å²) in [4.78, 5) is 23.4. The molecule has 0 fully saturated rings. The zero-order chi connectivity index (χ0) is 17.6. The third-order valence-electron chi connectivity index (χ3n) is 3.42. The third kappa shape index (κ3) is 7.18. The van der Waals surface area contributed by atoms with Crippen LogP contribution in [0.3, 0.4) is 0 Å². The summed E-state index contributed by atoms with van der Waals surface area (Å²) in [6.07, 6.45) is -3.71. The molecule has 5 nitrogen and oxygen atoms in total. The van der Waals surface area contributed by atoms with Gasteiger partial charge in [0.05, 0.1) is 6.04 Å². The zero-order valence-corrected chi connectivity index (χ0v) is 14.1. The second-order valence-corrected chi connectivity index (χ2v) is 5.28. The lowest BCUT2D eigenvalue weighted by atomic mass is 9.99. The van der Waals surface area contributed by atoms with Crippen molar-refractivity contribution in [3.63, 3.8) is 0 Å². The van der Waals surface area contributed by atoms with Crippen LogP contribution in [0.25, 0.3) is 0 Å². The second kappa shape index (κ2) is 9.48. The van der Waals surface area contributed by atoms with Crippen molar-refractivity contribution < 1.29 is 22.8 Å². The summed E-state index contributed by atoms with van der Waals surface area (Å²) >= 11 is 0. The molecule has 0 saturated heterocycles. The van der Waals surface area contributed by atoms with Crippen molar-refractivity contribution in [2.24, 2.45) is 11.7 Å². The van der Waals surface area contributed by atoms with Gasteiger partial charge in [-0.2, -0.15) is 13.2 Å². The highest BCUT2D eigenvalue weighted by atomic mass is 35.5. The number of alkyl halides is 3. The maximum absolute atomic E-state index is 12.0. The van der Waals surface area contributed by atoms with E-state index >= 15 is 0 Å². The number of carbonyl (C=O) groups excluding carboxylic acids is 2. The van der Waals surface area contributed by atoms with E-state index in [1.807, 2.05) is 13.8 Å². The van der Waals surface area contributed by atoms with E-state index in [0.717, 1.165) is 6.42 Å². The molecule has 136 valence electrons. The minimum atomic E-state index is -4.46. The highest BCUT2D eigenvalue weighted by Gasteiger charge is 2.27. The molecule has 9 heteroatoms. The van der Waals surface area contributed by atoms with Gasteiger partial charge in [0.25, 0.3) is 5.91 Å². The van der Waals surface area contributed by atoms with E-state index in [-0.39, 0.29) is 29.8 Å². The van der Waals surface area contributed by atoms with Gasteiger partial charge in [-0.3, -0.25) is 9.59 Å².